The first kappa shape index (κ1) is 13.2. The molecule has 0 saturated heterocycles. The number of rotatable bonds is 4. The predicted molar refractivity (Wildman–Crippen MR) is 74.8 cm³/mol. The molecule has 0 bridgehead atoms. The standard InChI is InChI=1S/C14H19ClN2O/c1-9(2)17(8-10-3-4-10)14(18)12-7-11(15)5-6-13(12)16/h5-7,9-10H,3-4,8,16H2,1-2H3. The zero-order valence-electron chi connectivity index (χ0n) is 10.8. The molecule has 0 aromatic heterocycles. The summed E-state index contributed by atoms with van der Waals surface area (Å²) >= 11 is 5.94. The smallest absolute Gasteiger partial charge is 0.256 e. The van der Waals surface area contributed by atoms with Crippen molar-refractivity contribution in [1.29, 1.82) is 0 Å². The van der Waals surface area contributed by atoms with Crippen LogP contribution in [-0.4, -0.2) is 23.4 Å². The number of carbonyl (C=O) groups is 1. The summed E-state index contributed by atoms with van der Waals surface area (Å²) in [5, 5.41) is 0.544. The fourth-order valence-corrected chi connectivity index (χ4v) is 2.15. The summed E-state index contributed by atoms with van der Waals surface area (Å²) in [4.78, 5) is 14.4. The average Bonchev–Trinajstić information content (AvgIpc) is 3.12. The van der Waals surface area contributed by atoms with E-state index in [1.54, 1.807) is 18.2 Å². The van der Waals surface area contributed by atoms with E-state index < -0.39 is 0 Å². The lowest BCUT2D eigenvalue weighted by atomic mass is 10.1. The minimum Gasteiger partial charge on any atom is -0.398 e. The number of nitrogen functional groups attached to an aromatic ring is 1. The zero-order chi connectivity index (χ0) is 13.3. The quantitative estimate of drug-likeness (QED) is 0.851. The van der Waals surface area contributed by atoms with Crippen LogP contribution >= 0.6 is 11.6 Å². The van der Waals surface area contributed by atoms with Crippen molar-refractivity contribution in [3.63, 3.8) is 0 Å². The highest BCUT2D eigenvalue weighted by atomic mass is 35.5. The van der Waals surface area contributed by atoms with Gasteiger partial charge in [0.15, 0.2) is 0 Å². The van der Waals surface area contributed by atoms with E-state index in [0.29, 0.717) is 22.2 Å². The van der Waals surface area contributed by atoms with Crippen LogP contribution in [0.15, 0.2) is 18.2 Å². The molecule has 1 aliphatic carbocycles. The molecule has 1 aliphatic rings. The number of hydrogen-bond donors (Lipinski definition) is 1. The molecule has 0 spiro atoms. The Morgan fingerprint density at radius 3 is 2.72 bits per heavy atom. The second-order valence-electron chi connectivity index (χ2n) is 5.23. The molecule has 0 heterocycles. The van der Waals surface area contributed by atoms with Crippen molar-refractivity contribution in [3.05, 3.63) is 28.8 Å². The van der Waals surface area contributed by atoms with E-state index in [1.165, 1.54) is 12.8 Å². The van der Waals surface area contributed by atoms with Gasteiger partial charge in [-0.05, 0) is 50.8 Å². The minimum atomic E-state index is -0.0168. The van der Waals surface area contributed by atoms with Crippen molar-refractivity contribution in [1.82, 2.24) is 4.90 Å². The van der Waals surface area contributed by atoms with Gasteiger partial charge in [-0.1, -0.05) is 11.6 Å². The normalized spacial score (nSPS) is 14.9. The molecular formula is C14H19ClN2O. The maximum absolute atomic E-state index is 12.5. The number of amides is 1. The molecule has 2 rings (SSSR count). The third-order valence-electron chi connectivity index (χ3n) is 3.28. The van der Waals surface area contributed by atoms with Crippen molar-refractivity contribution in [2.75, 3.05) is 12.3 Å². The molecule has 1 aromatic carbocycles. The first-order valence-corrected chi connectivity index (χ1v) is 6.73. The summed E-state index contributed by atoms with van der Waals surface area (Å²) in [5.74, 6) is 0.647. The van der Waals surface area contributed by atoms with E-state index in [1.807, 2.05) is 18.7 Å². The number of carbonyl (C=O) groups excluding carboxylic acids is 1. The molecule has 2 N–H and O–H groups in total. The van der Waals surface area contributed by atoms with Crippen LogP contribution in [0.1, 0.15) is 37.0 Å². The highest BCUT2D eigenvalue weighted by molar-refractivity contribution is 6.31. The van der Waals surface area contributed by atoms with E-state index >= 15 is 0 Å². The van der Waals surface area contributed by atoms with Crippen molar-refractivity contribution in [3.8, 4) is 0 Å². The van der Waals surface area contributed by atoms with Crippen LogP contribution in [-0.2, 0) is 0 Å². The second-order valence-corrected chi connectivity index (χ2v) is 5.66. The highest BCUT2D eigenvalue weighted by Gasteiger charge is 2.29. The first-order chi connectivity index (χ1) is 8.49. The van der Waals surface area contributed by atoms with Gasteiger partial charge in [0.2, 0.25) is 0 Å². The summed E-state index contributed by atoms with van der Waals surface area (Å²) < 4.78 is 0. The molecule has 1 aromatic rings. The third kappa shape index (κ3) is 2.96. The van der Waals surface area contributed by atoms with E-state index in [0.717, 1.165) is 6.54 Å². The van der Waals surface area contributed by atoms with Crippen LogP contribution in [0.2, 0.25) is 5.02 Å². The van der Waals surface area contributed by atoms with Gasteiger partial charge in [0.25, 0.3) is 5.91 Å². The molecule has 0 radical (unpaired) electrons. The summed E-state index contributed by atoms with van der Waals surface area (Å²) in [6, 6.07) is 5.22. The topological polar surface area (TPSA) is 46.3 Å². The lowest BCUT2D eigenvalue weighted by Gasteiger charge is -2.27. The van der Waals surface area contributed by atoms with Crippen LogP contribution in [0.3, 0.4) is 0 Å². The van der Waals surface area contributed by atoms with Crippen LogP contribution in [0, 0.1) is 5.92 Å². The van der Waals surface area contributed by atoms with Gasteiger partial charge in [0.05, 0.1) is 5.56 Å². The summed E-state index contributed by atoms with van der Waals surface area (Å²) in [6.45, 7) is 4.88. The number of nitrogens with zero attached hydrogens (tertiary/aromatic N) is 1. The van der Waals surface area contributed by atoms with Gasteiger partial charge < -0.3 is 10.6 Å². The predicted octanol–water partition coefficient (Wildman–Crippen LogP) is 3.18. The Morgan fingerprint density at radius 1 is 1.50 bits per heavy atom. The Bertz CT molecular complexity index is 455. The lowest BCUT2D eigenvalue weighted by Crippen LogP contribution is -2.38. The van der Waals surface area contributed by atoms with E-state index in [2.05, 4.69) is 0 Å². The molecular weight excluding hydrogens is 248 g/mol. The van der Waals surface area contributed by atoms with Crippen LogP contribution in [0.5, 0.6) is 0 Å². The largest absolute Gasteiger partial charge is 0.398 e. The Labute approximate surface area is 113 Å². The lowest BCUT2D eigenvalue weighted by molar-refractivity contribution is 0.0697. The number of halogens is 1. The Balaban J connectivity index is 2.23. The number of benzene rings is 1. The minimum absolute atomic E-state index is 0.0168. The average molecular weight is 267 g/mol. The Kier molecular flexibility index (Phi) is 3.81. The fourth-order valence-electron chi connectivity index (χ4n) is 1.98. The van der Waals surface area contributed by atoms with Gasteiger partial charge in [0.1, 0.15) is 0 Å². The molecule has 3 nitrogen and oxygen atoms in total. The van der Waals surface area contributed by atoms with Gasteiger partial charge in [-0.15, -0.1) is 0 Å². The fraction of sp³-hybridized carbons (Fsp3) is 0.500. The van der Waals surface area contributed by atoms with Crippen LogP contribution in [0.4, 0.5) is 5.69 Å². The molecule has 4 heteroatoms. The molecule has 18 heavy (non-hydrogen) atoms. The van der Waals surface area contributed by atoms with Gasteiger partial charge in [-0.3, -0.25) is 4.79 Å². The number of anilines is 1. The van der Waals surface area contributed by atoms with Gasteiger partial charge in [-0.25, -0.2) is 0 Å². The SMILES string of the molecule is CC(C)N(CC1CC1)C(=O)c1cc(Cl)ccc1N. The number of nitrogens with two attached hydrogens (primary N) is 1. The molecule has 0 aliphatic heterocycles. The van der Waals surface area contributed by atoms with Crippen LogP contribution < -0.4 is 5.73 Å². The van der Waals surface area contributed by atoms with Crippen molar-refractivity contribution < 1.29 is 4.79 Å². The molecule has 98 valence electrons. The van der Waals surface area contributed by atoms with Crippen LogP contribution in [0.25, 0.3) is 0 Å². The van der Waals surface area contributed by atoms with E-state index in [4.69, 9.17) is 17.3 Å². The number of hydrogen-bond acceptors (Lipinski definition) is 2. The van der Waals surface area contributed by atoms with E-state index in [9.17, 15) is 4.79 Å². The van der Waals surface area contributed by atoms with Crippen molar-refractivity contribution in [2.24, 2.45) is 5.92 Å². The Hall–Kier alpha value is -1.22. The molecule has 1 saturated carbocycles. The van der Waals surface area contributed by atoms with E-state index in [-0.39, 0.29) is 11.9 Å². The maximum atomic E-state index is 12.5. The second kappa shape index (κ2) is 5.19. The molecule has 1 fully saturated rings. The monoisotopic (exact) mass is 266 g/mol. The summed E-state index contributed by atoms with van der Waals surface area (Å²) in [6.07, 6.45) is 2.45. The molecule has 0 atom stereocenters. The highest BCUT2D eigenvalue weighted by Crippen LogP contribution is 2.31. The van der Waals surface area contributed by atoms with Gasteiger partial charge >= 0.3 is 0 Å². The van der Waals surface area contributed by atoms with Gasteiger partial charge in [0, 0.05) is 23.3 Å². The summed E-state index contributed by atoms with van der Waals surface area (Å²) in [5.41, 5.74) is 6.87. The molecule has 1 amide bonds. The van der Waals surface area contributed by atoms with Crippen molar-refractivity contribution in [2.45, 2.75) is 32.7 Å². The zero-order valence-corrected chi connectivity index (χ0v) is 11.6. The van der Waals surface area contributed by atoms with Crippen molar-refractivity contribution >= 4 is 23.2 Å². The molecule has 0 unspecified atom stereocenters. The Morgan fingerprint density at radius 2 is 2.17 bits per heavy atom. The summed E-state index contributed by atoms with van der Waals surface area (Å²) in [7, 11) is 0. The third-order valence-corrected chi connectivity index (χ3v) is 3.52. The maximum Gasteiger partial charge on any atom is 0.256 e. The first-order valence-electron chi connectivity index (χ1n) is 6.35. The van der Waals surface area contributed by atoms with Gasteiger partial charge in [-0.2, -0.15) is 0 Å².